The van der Waals surface area contributed by atoms with Crippen molar-refractivity contribution in [3.63, 3.8) is 0 Å². The van der Waals surface area contributed by atoms with Crippen molar-refractivity contribution >= 4 is 0 Å². The van der Waals surface area contributed by atoms with Gasteiger partial charge in [-0.15, -0.1) is 0 Å². The van der Waals surface area contributed by atoms with Crippen LogP contribution in [0.1, 0.15) is 18.4 Å². The molecule has 1 aromatic carbocycles. The van der Waals surface area contributed by atoms with Gasteiger partial charge in [0, 0.05) is 6.54 Å². The third-order valence-corrected chi connectivity index (χ3v) is 2.77. The molecular formula is C13H17NO. The highest BCUT2D eigenvalue weighted by molar-refractivity contribution is 5.15. The topological polar surface area (TPSA) is 32.3 Å². The van der Waals surface area contributed by atoms with E-state index >= 15 is 0 Å². The Morgan fingerprint density at radius 3 is 2.80 bits per heavy atom. The number of benzene rings is 1. The Kier molecular flexibility index (Phi) is 3.54. The normalized spacial score (nSPS) is 25.4. The van der Waals surface area contributed by atoms with Gasteiger partial charge in [0.2, 0.25) is 0 Å². The summed E-state index contributed by atoms with van der Waals surface area (Å²) >= 11 is 0. The summed E-state index contributed by atoms with van der Waals surface area (Å²) in [5, 5.41) is 13.1. The Bertz CT molecular complexity index is 321. The SMILES string of the molecule is O[C@@H]1CCC=C[C@H]1NCc1ccccc1. The smallest absolute Gasteiger partial charge is 0.0732 e. The van der Waals surface area contributed by atoms with E-state index in [0.29, 0.717) is 0 Å². The number of aliphatic hydroxyl groups is 1. The van der Waals surface area contributed by atoms with Crippen LogP contribution in [0.2, 0.25) is 0 Å². The molecule has 15 heavy (non-hydrogen) atoms. The summed E-state index contributed by atoms with van der Waals surface area (Å²) in [6.45, 7) is 0.812. The summed E-state index contributed by atoms with van der Waals surface area (Å²) in [5.41, 5.74) is 1.25. The molecule has 0 saturated heterocycles. The average Bonchev–Trinajstić information content (AvgIpc) is 2.29. The van der Waals surface area contributed by atoms with Crippen LogP contribution in [-0.2, 0) is 6.54 Å². The molecule has 80 valence electrons. The predicted molar refractivity (Wildman–Crippen MR) is 61.5 cm³/mol. The summed E-state index contributed by atoms with van der Waals surface area (Å²) < 4.78 is 0. The molecular weight excluding hydrogens is 186 g/mol. The van der Waals surface area contributed by atoms with Crippen LogP contribution in [0.25, 0.3) is 0 Å². The number of rotatable bonds is 3. The lowest BCUT2D eigenvalue weighted by atomic mass is 9.99. The van der Waals surface area contributed by atoms with Gasteiger partial charge in [-0.05, 0) is 18.4 Å². The third-order valence-electron chi connectivity index (χ3n) is 2.77. The lowest BCUT2D eigenvalue weighted by Gasteiger charge is -2.24. The van der Waals surface area contributed by atoms with Crippen molar-refractivity contribution in [2.24, 2.45) is 0 Å². The molecule has 0 amide bonds. The number of aliphatic hydroxyl groups excluding tert-OH is 1. The van der Waals surface area contributed by atoms with E-state index in [4.69, 9.17) is 0 Å². The largest absolute Gasteiger partial charge is 0.391 e. The highest BCUT2D eigenvalue weighted by Gasteiger charge is 2.17. The maximum Gasteiger partial charge on any atom is 0.0732 e. The Labute approximate surface area is 90.6 Å². The van der Waals surface area contributed by atoms with Gasteiger partial charge in [-0.2, -0.15) is 0 Å². The second-order valence-corrected chi connectivity index (χ2v) is 3.97. The van der Waals surface area contributed by atoms with Crippen molar-refractivity contribution in [1.82, 2.24) is 5.32 Å². The number of hydrogen-bond donors (Lipinski definition) is 2. The van der Waals surface area contributed by atoms with E-state index in [0.717, 1.165) is 19.4 Å². The molecule has 1 aliphatic carbocycles. The number of hydrogen-bond acceptors (Lipinski definition) is 2. The summed E-state index contributed by atoms with van der Waals surface area (Å²) in [7, 11) is 0. The molecule has 0 radical (unpaired) electrons. The maximum absolute atomic E-state index is 9.73. The van der Waals surface area contributed by atoms with Crippen LogP contribution in [0.5, 0.6) is 0 Å². The zero-order valence-corrected chi connectivity index (χ0v) is 8.76. The van der Waals surface area contributed by atoms with Crippen molar-refractivity contribution in [2.75, 3.05) is 0 Å². The second-order valence-electron chi connectivity index (χ2n) is 3.97. The molecule has 1 aliphatic rings. The van der Waals surface area contributed by atoms with Gasteiger partial charge >= 0.3 is 0 Å². The highest BCUT2D eigenvalue weighted by Crippen LogP contribution is 2.12. The van der Waals surface area contributed by atoms with E-state index in [1.807, 2.05) is 18.2 Å². The second kappa shape index (κ2) is 5.10. The van der Waals surface area contributed by atoms with Crippen molar-refractivity contribution in [3.05, 3.63) is 48.0 Å². The molecule has 0 spiro atoms. The Hall–Kier alpha value is -1.12. The molecule has 1 aromatic rings. The van der Waals surface area contributed by atoms with Gasteiger partial charge in [-0.1, -0.05) is 42.5 Å². The van der Waals surface area contributed by atoms with Gasteiger partial charge < -0.3 is 10.4 Å². The first-order chi connectivity index (χ1) is 7.36. The molecule has 2 N–H and O–H groups in total. The lowest BCUT2D eigenvalue weighted by molar-refractivity contribution is 0.131. The molecule has 0 saturated carbocycles. The van der Waals surface area contributed by atoms with E-state index in [9.17, 15) is 5.11 Å². The van der Waals surface area contributed by atoms with Crippen LogP contribution in [0.3, 0.4) is 0 Å². The fourth-order valence-electron chi connectivity index (χ4n) is 1.85. The van der Waals surface area contributed by atoms with Gasteiger partial charge in [-0.3, -0.25) is 0 Å². The molecule has 0 aromatic heterocycles. The summed E-state index contributed by atoms with van der Waals surface area (Å²) in [6.07, 6.45) is 5.82. The summed E-state index contributed by atoms with van der Waals surface area (Å²) in [4.78, 5) is 0. The van der Waals surface area contributed by atoms with Crippen molar-refractivity contribution < 1.29 is 5.11 Å². The standard InChI is InChI=1S/C13H17NO/c15-13-9-5-4-8-12(13)14-10-11-6-2-1-3-7-11/h1-4,6-8,12-15H,5,9-10H2/t12-,13-/m1/s1. The molecule has 0 heterocycles. The Morgan fingerprint density at radius 1 is 1.27 bits per heavy atom. The molecule has 0 fully saturated rings. The van der Waals surface area contributed by atoms with E-state index in [1.54, 1.807) is 0 Å². The monoisotopic (exact) mass is 203 g/mol. The van der Waals surface area contributed by atoms with E-state index in [-0.39, 0.29) is 12.1 Å². The van der Waals surface area contributed by atoms with Crippen molar-refractivity contribution in [1.29, 1.82) is 0 Å². The van der Waals surface area contributed by atoms with Gasteiger partial charge in [0.15, 0.2) is 0 Å². The fraction of sp³-hybridized carbons (Fsp3) is 0.385. The number of nitrogens with one attached hydrogen (secondary N) is 1. The van der Waals surface area contributed by atoms with Crippen LogP contribution in [0, 0.1) is 0 Å². The molecule has 2 atom stereocenters. The minimum atomic E-state index is -0.237. The molecule has 2 heteroatoms. The molecule has 0 bridgehead atoms. The van der Waals surface area contributed by atoms with Crippen molar-refractivity contribution in [3.8, 4) is 0 Å². The molecule has 2 rings (SSSR count). The summed E-state index contributed by atoms with van der Waals surface area (Å²) in [6, 6.07) is 10.4. The molecule has 2 nitrogen and oxygen atoms in total. The van der Waals surface area contributed by atoms with Gasteiger partial charge in [0.25, 0.3) is 0 Å². The summed E-state index contributed by atoms with van der Waals surface area (Å²) in [5.74, 6) is 0. The third kappa shape index (κ3) is 2.91. The maximum atomic E-state index is 9.73. The predicted octanol–water partition coefficient (Wildman–Crippen LogP) is 1.86. The van der Waals surface area contributed by atoms with E-state index in [2.05, 4.69) is 29.6 Å². The fourth-order valence-corrected chi connectivity index (χ4v) is 1.85. The van der Waals surface area contributed by atoms with Gasteiger partial charge in [-0.25, -0.2) is 0 Å². The Morgan fingerprint density at radius 2 is 2.07 bits per heavy atom. The van der Waals surface area contributed by atoms with Crippen LogP contribution < -0.4 is 5.32 Å². The first-order valence-corrected chi connectivity index (χ1v) is 5.48. The minimum Gasteiger partial charge on any atom is -0.391 e. The van der Waals surface area contributed by atoms with Crippen LogP contribution >= 0.6 is 0 Å². The first kappa shape index (κ1) is 10.4. The average molecular weight is 203 g/mol. The quantitative estimate of drug-likeness (QED) is 0.735. The minimum absolute atomic E-state index is 0.110. The zero-order valence-electron chi connectivity index (χ0n) is 8.76. The van der Waals surface area contributed by atoms with Crippen LogP contribution in [-0.4, -0.2) is 17.3 Å². The Balaban J connectivity index is 1.87. The van der Waals surface area contributed by atoms with Crippen LogP contribution in [0.15, 0.2) is 42.5 Å². The lowest BCUT2D eigenvalue weighted by Crippen LogP contribution is -2.39. The highest BCUT2D eigenvalue weighted by atomic mass is 16.3. The molecule has 0 aliphatic heterocycles. The van der Waals surface area contributed by atoms with E-state index < -0.39 is 0 Å². The van der Waals surface area contributed by atoms with Crippen LogP contribution in [0.4, 0.5) is 0 Å². The first-order valence-electron chi connectivity index (χ1n) is 5.48. The molecule has 0 unspecified atom stereocenters. The number of allylic oxidation sites excluding steroid dienone is 1. The van der Waals surface area contributed by atoms with Crippen molar-refractivity contribution in [2.45, 2.75) is 31.5 Å². The van der Waals surface area contributed by atoms with E-state index in [1.165, 1.54) is 5.56 Å². The zero-order chi connectivity index (χ0) is 10.5. The van der Waals surface area contributed by atoms with Gasteiger partial charge in [0.05, 0.1) is 12.1 Å². The van der Waals surface area contributed by atoms with Gasteiger partial charge in [0.1, 0.15) is 0 Å².